The molecule has 12 aromatic rings. The number of carbonyl (C=O) groups excluding carboxylic acids is 8. The monoisotopic (exact) mass is 1760 g/mol. The first-order valence-corrected chi connectivity index (χ1v) is 45.1. The highest BCUT2D eigenvalue weighted by Crippen LogP contribution is 2.49. The molecule has 0 unspecified atom stereocenters. The standard InChI is InChI=1S/2C28H29N3O3.2C26H25N3O3/c2*1-19-7-3-4-9-23(19)20-10-12-21(13-11-20)28-24-16-30(17-27(33)31(24)25(28)18-34-2)26(32)15-22-8-5-6-14-29-22;1-17-5-2-3-7-21(17)18-8-10-19(11-9-18)25-22-14-28(15-24(31)29(22)23(25)16-30)26(32)20-6-4-12-27-13-20;1-17-4-2-3-5-21(17)18-6-8-19(9-7-18)25-22-14-28(15-24(31)29(22)23(25)16-30)26(32)20-10-12-27-13-11-20/h2*3-14,24-25,28H,15-18H2,1-2H3;2*2-13,22-23,25,30H,14-16H2,1H3/t24-,25+,28+;24-,25+,28-;2*22-,23-,25+/m0100/s1. The van der Waals surface area contributed by atoms with Crippen LogP contribution in [0.3, 0.4) is 0 Å². The molecule has 8 aliphatic rings. The van der Waals surface area contributed by atoms with Crippen LogP contribution in [0.1, 0.15) is 100 Å². The molecule has 0 spiro atoms. The van der Waals surface area contributed by atoms with Crippen LogP contribution in [-0.2, 0) is 51.1 Å². The Morgan fingerprint density at radius 1 is 0.326 bits per heavy atom. The van der Waals surface area contributed by atoms with Gasteiger partial charge in [0.1, 0.15) is 13.1 Å². The van der Waals surface area contributed by atoms with Crippen LogP contribution < -0.4 is 0 Å². The van der Waals surface area contributed by atoms with Gasteiger partial charge in [0.25, 0.3) is 11.8 Å². The third kappa shape index (κ3) is 18.5. The number of piperazine rings is 4. The topological polar surface area (TPSA) is 273 Å². The van der Waals surface area contributed by atoms with Gasteiger partial charge < -0.3 is 58.9 Å². The molecule has 8 amide bonds. The minimum Gasteiger partial charge on any atom is -0.394 e. The summed E-state index contributed by atoms with van der Waals surface area (Å²) >= 11 is 0. The second-order valence-corrected chi connectivity index (χ2v) is 35.3. The highest BCUT2D eigenvalue weighted by Gasteiger charge is 2.59. The average Bonchev–Trinajstić information content (AvgIpc) is 0.737. The second-order valence-electron chi connectivity index (χ2n) is 35.3. The van der Waals surface area contributed by atoms with E-state index in [0.717, 1.165) is 33.6 Å². The summed E-state index contributed by atoms with van der Waals surface area (Å²) in [5.74, 6) is -0.510. The smallest absolute Gasteiger partial charge is 0.255 e. The molecule has 12 heterocycles. The van der Waals surface area contributed by atoms with E-state index in [1.165, 1.54) is 73.0 Å². The van der Waals surface area contributed by atoms with Crippen molar-refractivity contribution in [2.45, 2.75) is 113 Å². The van der Waals surface area contributed by atoms with E-state index in [9.17, 15) is 48.6 Å². The number of aliphatic hydroxyl groups is 2. The second kappa shape index (κ2) is 40.1. The van der Waals surface area contributed by atoms with Gasteiger partial charge in [-0.15, -0.1) is 0 Å². The molecule has 0 saturated carbocycles. The molecule has 0 aliphatic carbocycles. The number of ether oxygens (including phenoxy) is 2. The van der Waals surface area contributed by atoms with Gasteiger partial charge in [0.15, 0.2) is 0 Å². The van der Waals surface area contributed by atoms with E-state index in [-0.39, 0.29) is 171 Å². The number of hydrogen-bond donors (Lipinski definition) is 2. The summed E-state index contributed by atoms with van der Waals surface area (Å²) in [6.07, 6.45) is 10.1. The van der Waals surface area contributed by atoms with Gasteiger partial charge in [-0.2, -0.15) is 0 Å². The number of amides is 8. The zero-order valence-corrected chi connectivity index (χ0v) is 74.9. The Morgan fingerprint density at radius 2 is 0.629 bits per heavy atom. The minimum atomic E-state index is -0.257. The molecule has 8 aromatic carbocycles. The third-order valence-corrected chi connectivity index (χ3v) is 27.5. The van der Waals surface area contributed by atoms with Crippen LogP contribution in [0.2, 0.25) is 0 Å². The summed E-state index contributed by atoms with van der Waals surface area (Å²) in [6.45, 7) is 11.4. The number of aryl methyl sites for hydroxylation is 4. The number of aromatic nitrogens is 4. The number of aliphatic hydroxyl groups excluding tert-OH is 2. The Morgan fingerprint density at radius 3 is 0.932 bits per heavy atom. The van der Waals surface area contributed by atoms with Gasteiger partial charge in [0, 0.05) is 118 Å². The molecule has 24 heteroatoms. The molecular weight excluding hydrogens is 1660 g/mol. The Labute approximate surface area is 769 Å². The van der Waals surface area contributed by atoms with Crippen molar-refractivity contribution in [2.75, 3.05) is 93.0 Å². The van der Waals surface area contributed by atoms with Crippen LogP contribution in [0.15, 0.2) is 292 Å². The Kier molecular flexibility index (Phi) is 27.3. The summed E-state index contributed by atoms with van der Waals surface area (Å²) in [5, 5.41) is 20.0. The first kappa shape index (κ1) is 89.9. The molecule has 8 saturated heterocycles. The molecule has 0 radical (unpaired) electrons. The van der Waals surface area contributed by atoms with Gasteiger partial charge in [0.05, 0.1) is 106 Å². The lowest BCUT2D eigenvalue weighted by atomic mass is 9.73. The minimum absolute atomic E-state index is 0.0112. The van der Waals surface area contributed by atoms with Crippen LogP contribution in [0.5, 0.6) is 0 Å². The van der Waals surface area contributed by atoms with Crippen molar-refractivity contribution in [2.24, 2.45) is 0 Å². The molecule has 20 rings (SSSR count). The Balaban J connectivity index is 0.000000123. The van der Waals surface area contributed by atoms with E-state index >= 15 is 0 Å². The van der Waals surface area contributed by atoms with Crippen molar-refractivity contribution in [3.8, 4) is 44.5 Å². The fourth-order valence-corrected chi connectivity index (χ4v) is 21.0. The summed E-state index contributed by atoms with van der Waals surface area (Å²) in [6, 6.07) is 84.1. The molecule has 0 bridgehead atoms. The summed E-state index contributed by atoms with van der Waals surface area (Å²) in [4.78, 5) is 134. The van der Waals surface area contributed by atoms with Crippen LogP contribution in [-0.4, -0.2) is 258 Å². The van der Waals surface area contributed by atoms with E-state index in [0.29, 0.717) is 50.5 Å². The molecular formula is C108H108N12O12. The summed E-state index contributed by atoms with van der Waals surface area (Å²) in [5.41, 5.74) is 21.3. The van der Waals surface area contributed by atoms with E-state index in [2.05, 4.69) is 205 Å². The lowest BCUT2D eigenvalue weighted by Gasteiger charge is -2.59. The predicted octanol–water partition coefficient (Wildman–Crippen LogP) is 12.6. The van der Waals surface area contributed by atoms with Crippen LogP contribution >= 0.6 is 0 Å². The third-order valence-electron chi connectivity index (χ3n) is 27.5. The SMILES string of the molecule is COC[C@@H]1[C@H](c2ccc(-c3ccccc3C)cc2)[C@@H]2CN(C(=O)Cc3ccccn3)CC(=O)N12.COC[C@H]1[C@H](c2ccc(-c3ccccc3C)cc2)[C@H]2CN(C(=O)Cc3ccccn3)CC(=O)N21.Cc1ccccc1-c1ccc([C@H]2[C@H](CO)N3C(=O)CN(C(=O)c4cccnc4)C[C@@H]23)cc1.Cc1ccccc1-c1ccc([C@H]2[C@H](CO)N3C(=O)CN(C(=O)c4ccncc4)C[C@@H]23)cc1. The van der Waals surface area contributed by atoms with Crippen molar-refractivity contribution in [3.63, 3.8) is 0 Å². The number of fused-ring (bicyclic) bond motifs is 4. The first-order valence-electron chi connectivity index (χ1n) is 45.1. The number of pyridine rings is 4. The molecule has 8 fully saturated rings. The molecule has 4 aromatic heterocycles. The number of hydrogen-bond acceptors (Lipinski definition) is 16. The van der Waals surface area contributed by atoms with Crippen molar-refractivity contribution in [1.82, 2.24) is 59.1 Å². The van der Waals surface area contributed by atoms with Gasteiger partial charge in [-0.25, -0.2) is 0 Å². The van der Waals surface area contributed by atoms with Crippen molar-refractivity contribution < 1.29 is 58.0 Å². The maximum atomic E-state index is 13.0. The lowest BCUT2D eigenvalue weighted by molar-refractivity contribution is -0.167. The maximum Gasteiger partial charge on any atom is 0.255 e. The Bertz CT molecular complexity index is 5770. The maximum absolute atomic E-state index is 13.0. The van der Waals surface area contributed by atoms with Crippen molar-refractivity contribution in [3.05, 3.63) is 359 Å². The molecule has 8 aliphatic heterocycles. The summed E-state index contributed by atoms with van der Waals surface area (Å²) in [7, 11) is 3.34. The normalized spacial score (nSPS) is 22.0. The predicted molar refractivity (Wildman–Crippen MR) is 502 cm³/mol. The Hall–Kier alpha value is -14.0. The van der Waals surface area contributed by atoms with E-state index in [1.54, 1.807) is 98.9 Å². The molecule has 672 valence electrons. The van der Waals surface area contributed by atoms with Gasteiger partial charge in [0.2, 0.25) is 35.4 Å². The molecule has 2 N–H and O–H groups in total. The first-order chi connectivity index (χ1) is 64.3. The zero-order valence-electron chi connectivity index (χ0n) is 74.9. The largest absolute Gasteiger partial charge is 0.394 e. The van der Waals surface area contributed by atoms with Crippen molar-refractivity contribution >= 4 is 47.3 Å². The van der Waals surface area contributed by atoms with Gasteiger partial charge in [-0.05, 0) is 165 Å². The number of nitrogens with zero attached hydrogens (tertiary/aromatic N) is 12. The van der Waals surface area contributed by atoms with Gasteiger partial charge in [-0.3, -0.25) is 58.3 Å². The van der Waals surface area contributed by atoms with E-state index in [1.807, 2.05) is 82.6 Å². The van der Waals surface area contributed by atoms with Crippen LogP contribution in [0.4, 0.5) is 0 Å². The highest BCUT2D eigenvalue weighted by molar-refractivity contribution is 5.99. The zero-order chi connectivity index (χ0) is 91.8. The average molecular weight is 1770 g/mol. The quantitative estimate of drug-likeness (QED) is 0.0717. The molecule has 24 nitrogen and oxygen atoms in total. The number of methoxy groups -OCH3 is 2. The van der Waals surface area contributed by atoms with Crippen LogP contribution in [0, 0.1) is 27.7 Å². The van der Waals surface area contributed by atoms with Crippen molar-refractivity contribution in [1.29, 1.82) is 0 Å². The summed E-state index contributed by atoms with van der Waals surface area (Å²) < 4.78 is 10.9. The molecule has 12 atom stereocenters. The fourth-order valence-electron chi connectivity index (χ4n) is 21.0. The van der Waals surface area contributed by atoms with E-state index in [4.69, 9.17) is 9.47 Å². The van der Waals surface area contributed by atoms with Gasteiger partial charge in [-0.1, -0.05) is 206 Å². The number of rotatable bonds is 20. The fraction of sp³-hybridized carbons (Fsp3) is 0.296. The number of benzene rings is 8. The number of carbonyl (C=O) groups is 8. The molecule has 132 heavy (non-hydrogen) atoms. The van der Waals surface area contributed by atoms with Crippen LogP contribution in [0.25, 0.3) is 44.5 Å². The van der Waals surface area contributed by atoms with Gasteiger partial charge >= 0.3 is 0 Å². The highest BCUT2D eigenvalue weighted by atomic mass is 16.5. The van der Waals surface area contributed by atoms with E-state index < -0.39 is 0 Å². The lowest BCUT2D eigenvalue weighted by Crippen LogP contribution is -2.73.